The Balaban J connectivity index is 2.64. The predicted octanol–water partition coefficient (Wildman–Crippen LogP) is 1.74. The molecule has 4 heteroatoms. The third-order valence-electron chi connectivity index (χ3n) is 3.03. The lowest BCUT2D eigenvalue weighted by atomic mass is 9.85. The molecule has 3 nitrogen and oxygen atoms in total. The van der Waals surface area contributed by atoms with Gasteiger partial charge in [0.15, 0.2) is 0 Å². The molecule has 0 heterocycles. The minimum absolute atomic E-state index is 0.0727. The molecule has 15 heavy (non-hydrogen) atoms. The summed E-state index contributed by atoms with van der Waals surface area (Å²) in [5, 5.41) is -0.315. The van der Waals surface area contributed by atoms with E-state index in [1.807, 2.05) is 0 Å². The molecule has 1 aliphatic rings. The Hall–Kier alpha value is -0.640. The van der Waals surface area contributed by atoms with Crippen LogP contribution in [0.15, 0.2) is 12.7 Å². The number of sulfone groups is 1. The molecule has 2 unspecified atom stereocenters. The van der Waals surface area contributed by atoms with Crippen LogP contribution in [0.1, 0.15) is 32.1 Å². The molecular weight excluding hydrogens is 212 g/mol. The number of rotatable bonds is 4. The number of allylic oxidation sites excluding steroid dienone is 1. The number of ketones is 1. The lowest BCUT2D eigenvalue weighted by Crippen LogP contribution is -2.30. The third-order valence-corrected chi connectivity index (χ3v) is 4.67. The Morgan fingerprint density at radius 3 is 2.67 bits per heavy atom. The topological polar surface area (TPSA) is 51.2 Å². The van der Waals surface area contributed by atoms with E-state index in [9.17, 15) is 13.2 Å². The average molecular weight is 230 g/mol. The highest BCUT2D eigenvalue weighted by atomic mass is 32.2. The zero-order chi connectivity index (χ0) is 11.5. The smallest absolute Gasteiger partial charge is 0.150 e. The summed E-state index contributed by atoms with van der Waals surface area (Å²) in [5.41, 5.74) is 0. The Kier molecular flexibility index (Phi) is 4.08. The van der Waals surface area contributed by atoms with Gasteiger partial charge in [-0.1, -0.05) is 12.5 Å². The minimum Gasteiger partial charge on any atom is -0.299 e. The van der Waals surface area contributed by atoms with Gasteiger partial charge in [0.2, 0.25) is 0 Å². The molecule has 1 rings (SSSR count). The highest BCUT2D eigenvalue weighted by molar-refractivity contribution is 7.91. The van der Waals surface area contributed by atoms with Gasteiger partial charge >= 0.3 is 0 Å². The van der Waals surface area contributed by atoms with E-state index in [2.05, 4.69) is 6.58 Å². The second-order valence-electron chi connectivity index (χ2n) is 4.27. The molecule has 0 bridgehead atoms. The summed E-state index contributed by atoms with van der Waals surface area (Å²) >= 11 is 0. The van der Waals surface area contributed by atoms with Crippen LogP contribution in [-0.4, -0.2) is 25.7 Å². The first-order valence-electron chi connectivity index (χ1n) is 5.27. The monoisotopic (exact) mass is 230 g/mol. The van der Waals surface area contributed by atoms with Gasteiger partial charge in [0.1, 0.15) is 15.6 Å². The van der Waals surface area contributed by atoms with Gasteiger partial charge in [0.25, 0.3) is 0 Å². The van der Waals surface area contributed by atoms with Crippen molar-refractivity contribution in [1.82, 2.24) is 0 Å². The van der Waals surface area contributed by atoms with Crippen molar-refractivity contribution in [1.29, 1.82) is 0 Å². The van der Waals surface area contributed by atoms with E-state index in [0.29, 0.717) is 19.3 Å². The Morgan fingerprint density at radius 1 is 1.47 bits per heavy atom. The number of carbonyl (C=O) groups excluding carboxylic acids is 1. The molecule has 86 valence electrons. The molecule has 0 radical (unpaired) electrons. The molecule has 0 N–H and O–H groups in total. The summed E-state index contributed by atoms with van der Waals surface area (Å²) in [6.45, 7) is 3.52. The average Bonchev–Trinajstić information content (AvgIpc) is 2.17. The second-order valence-corrected chi connectivity index (χ2v) is 6.60. The summed E-state index contributed by atoms with van der Waals surface area (Å²) in [7, 11) is -2.99. The summed E-state index contributed by atoms with van der Waals surface area (Å²) in [4.78, 5) is 11.6. The van der Waals surface area contributed by atoms with Crippen LogP contribution < -0.4 is 0 Å². The summed E-state index contributed by atoms with van der Waals surface area (Å²) in [5.74, 6) is 0.0647. The highest BCUT2D eigenvalue weighted by Crippen LogP contribution is 2.29. The maximum absolute atomic E-state index is 11.6. The first-order valence-corrected chi connectivity index (χ1v) is 7.23. The fourth-order valence-corrected chi connectivity index (χ4v) is 3.31. The van der Waals surface area contributed by atoms with Gasteiger partial charge in [-0.3, -0.25) is 4.79 Å². The largest absolute Gasteiger partial charge is 0.299 e. The van der Waals surface area contributed by atoms with Crippen molar-refractivity contribution >= 4 is 15.6 Å². The van der Waals surface area contributed by atoms with Crippen LogP contribution in [0.3, 0.4) is 0 Å². The molecule has 0 aliphatic heterocycles. The van der Waals surface area contributed by atoms with Gasteiger partial charge in [-0.15, -0.1) is 6.58 Å². The van der Waals surface area contributed by atoms with E-state index in [4.69, 9.17) is 0 Å². The molecular formula is C11H18O3S. The van der Waals surface area contributed by atoms with Crippen LogP contribution in [0.4, 0.5) is 0 Å². The third kappa shape index (κ3) is 3.45. The van der Waals surface area contributed by atoms with Gasteiger partial charge < -0.3 is 0 Å². The van der Waals surface area contributed by atoms with E-state index >= 15 is 0 Å². The van der Waals surface area contributed by atoms with Gasteiger partial charge in [-0.05, 0) is 19.3 Å². The van der Waals surface area contributed by atoms with Crippen LogP contribution in [0, 0.1) is 5.92 Å². The molecule has 0 aromatic carbocycles. The molecule has 0 saturated heterocycles. The summed E-state index contributed by atoms with van der Waals surface area (Å²) in [6.07, 6.45) is 6.09. The van der Waals surface area contributed by atoms with E-state index < -0.39 is 9.84 Å². The normalized spacial score (nSPS) is 27.3. The molecule has 1 saturated carbocycles. The molecule has 0 aromatic heterocycles. The number of hydrogen-bond donors (Lipinski definition) is 0. The SMILES string of the molecule is C=CCC(=O)C1CCCC(S(C)(=O)=O)C1. The predicted molar refractivity (Wildman–Crippen MR) is 60.4 cm³/mol. The first kappa shape index (κ1) is 12.4. The number of hydrogen-bond acceptors (Lipinski definition) is 3. The maximum atomic E-state index is 11.6. The van der Waals surface area contributed by atoms with Crippen LogP contribution >= 0.6 is 0 Å². The first-order chi connectivity index (χ1) is 6.95. The van der Waals surface area contributed by atoms with E-state index in [1.165, 1.54) is 6.26 Å². The second kappa shape index (κ2) is 4.92. The molecule has 1 fully saturated rings. The molecule has 0 aromatic rings. The van der Waals surface area contributed by atoms with E-state index in [-0.39, 0.29) is 17.0 Å². The van der Waals surface area contributed by atoms with Crippen LogP contribution in [0.2, 0.25) is 0 Å². The molecule has 2 atom stereocenters. The summed E-state index contributed by atoms with van der Waals surface area (Å²) in [6, 6.07) is 0. The number of Topliss-reactive ketones (excluding diaryl/α,β-unsaturated/α-hetero) is 1. The Morgan fingerprint density at radius 2 is 2.13 bits per heavy atom. The Labute approximate surface area is 91.5 Å². The zero-order valence-corrected chi connectivity index (χ0v) is 9.92. The van der Waals surface area contributed by atoms with Crippen molar-refractivity contribution in [3.8, 4) is 0 Å². The minimum atomic E-state index is -2.99. The van der Waals surface area contributed by atoms with Crippen molar-refractivity contribution in [2.45, 2.75) is 37.4 Å². The van der Waals surface area contributed by atoms with Gasteiger partial charge in [-0.25, -0.2) is 8.42 Å². The van der Waals surface area contributed by atoms with Gasteiger partial charge in [0.05, 0.1) is 5.25 Å². The van der Waals surface area contributed by atoms with Crippen molar-refractivity contribution in [3.63, 3.8) is 0 Å². The van der Waals surface area contributed by atoms with Crippen molar-refractivity contribution in [3.05, 3.63) is 12.7 Å². The lowest BCUT2D eigenvalue weighted by Gasteiger charge is -2.26. The number of carbonyl (C=O) groups is 1. The van der Waals surface area contributed by atoms with Crippen LogP contribution in [-0.2, 0) is 14.6 Å². The van der Waals surface area contributed by atoms with Gasteiger partial charge in [0, 0.05) is 18.6 Å². The summed E-state index contributed by atoms with van der Waals surface area (Å²) < 4.78 is 22.8. The molecule has 0 spiro atoms. The fraction of sp³-hybridized carbons (Fsp3) is 0.727. The standard InChI is InChI=1S/C11H18O3S/c1-3-5-11(12)9-6-4-7-10(8-9)15(2,13)14/h3,9-10H,1,4-8H2,2H3. The zero-order valence-electron chi connectivity index (χ0n) is 9.11. The molecule has 0 amide bonds. The Bertz CT molecular complexity index is 343. The fourth-order valence-electron chi connectivity index (χ4n) is 2.14. The van der Waals surface area contributed by atoms with Crippen molar-refractivity contribution in [2.75, 3.05) is 6.26 Å². The lowest BCUT2D eigenvalue weighted by molar-refractivity contribution is -0.122. The van der Waals surface area contributed by atoms with E-state index in [0.717, 1.165) is 12.8 Å². The van der Waals surface area contributed by atoms with Crippen molar-refractivity contribution in [2.24, 2.45) is 5.92 Å². The van der Waals surface area contributed by atoms with E-state index in [1.54, 1.807) is 6.08 Å². The quantitative estimate of drug-likeness (QED) is 0.691. The van der Waals surface area contributed by atoms with Crippen LogP contribution in [0.25, 0.3) is 0 Å². The molecule has 1 aliphatic carbocycles. The van der Waals surface area contributed by atoms with Gasteiger partial charge in [-0.2, -0.15) is 0 Å². The van der Waals surface area contributed by atoms with Crippen molar-refractivity contribution < 1.29 is 13.2 Å². The maximum Gasteiger partial charge on any atom is 0.150 e. The highest BCUT2D eigenvalue weighted by Gasteiger charge is 2.31. The van der Waals surface area contributed by atoms with Crippen LogP contribution in [0.5, 0.6) is 0 Å².